The van der Waals surface area contributed by atoms with Gasteiger partial charge in [-0.15, -0.1) is 0 Å². The van der Waals surface area contributed by atoms with Crippen LogP contribution in [0.25, 0.3) is 0 Å². The highest BCUT2D eigenvalue weighted by Gasteiger charge is 2.30. The number of nitrogens with one attached hydrogen (secondary N) is 2. The van der Waals surface area contributed by atoms with Crippen LogP contribution in [-0.2, 0) is 22.4 Å². The van der Waals surface area contributed by atoms with Crippen molar-refractivity contribution in [1.82, 2.24) is 5.32 Å². The molecule has 0 aromatic heterocycles. The Morgan fingerprint density at radius 1 is 1.22 bits per heavy atom. The first-order valence-corrected chi connectivity index (χ1v) is 9.88. The Labute approximate surface area is 167 Å². The Kier molecular flexibility index (Phi) is 6.63. The van der Waals surface area contributed by atoms with Gasteiger partial charge in [-0.1, -0.05) is 46.3 Å². The molecule has 6 heteroatoms. The van der Waals surface area contributed by atoms with E-state index in [2.05, 4.69) is 26.6 Å². The number of halogens is 1. The summed E-state index contributed by atoms with van der Waals surface area (Å²) in [5.41, 5.74) is 2.54. The fourth-order valence-electron chi connectivity index (χ4n) is 3.53. The summed E-state index contributed by atoms with van der Waals surface area (Å²) in [6.07, 6.45) is 1.63. The zero-order valence-corrected chi connectivity index (χ0v) is 16.5. The van der Waals surface area contributed by atoms with Gasteiger partial charge in [-0.25, -0.2) is 0 Å². The van der Waals surface area contributed by atoms with E-state index in [0.29, 0.717) is 12.1 Å². The van der Waals surface area contributed by atoms with Crippen molar-refractivity contribution in [1.29, 1.82) is 0 Å². The van der Waals surface area contributed by atoms with Crippen LogP contribution in [0.2, 0.25) is 0 Å². The zero-order chi connectivity index (χ0) is 19.2. The van der Waals surface area contributed by atoms with Crippen LogP contribution in [0.4, 0.5) is 5.69 Å². The molecule has 0 bridgehead atoms. The third-order valence-electron chi connectivity index (χ3n) is 4.96. The van der Waals surface area contributed by atoms with E-state index in [9.17, 15) is 14.7 Å². The highest BCUT2D eigenvalue weighted by molar-refractivity contribution is 9.10. The average molecular weight is 431 g/mol. The molecule has 1 aliphatic heterocycles. The number of benzene rings is 2. The van der Waals surface area contributed by atoms with Crippen molar-refractivity contribution in [2.45, 2.75) is 19.3 Å². The van der Waals surface area contributed by atoms with Crippen molar-refractivity contribution in [2.75, 3.05) is 18.4 Å². The van der Waals surface area contributed by atoms with Crippen LogP contribution < -0.4 is 10.6 Å². The first-order chi connectivity index (χ1) is 13.0. The second-order valence-electron chi connectivity index (χ2n) is 6.92. The van der Waals surface area contributed by atoms with Crippen LogP contribution in [0.5, 0.6) is 0 Å². The SMILES string of the molecule is O=C(Cc1ccccc1Br)Nc1cccc(C[C@H](C(=O)O)[C@H]2CCNC2)c1. The van der Waals surface area contributed by atoms with E-state index in [0.717, 1.165) is 35.1 Å². The zero-order valence-electron chi connectivity index (χ0n) is 15.0. The fraction of sp³-hybridized carbons (Fsp3) is 0.333. The molecule has 1 heterocycles. The van der Waals surface area contributed by atoms with Crippen molar-refractivity contribution in [3.05, 3.63) is 64.1 Å². The lowest BCUT2D eigenvalue weighted by Crippen LogP contribution is -2.27. The number of carbonyl (C=O) groups is 2. The Morgan fingerprint density at radius 2 is 2.04 bits per heavy atom. The maximum atomic E-state index is 12.4. The molecular formula is C21H23BrN2O3. The molecule has 3 rings (SSSR count). The summed E-state index contributed by atoms with van der Waals surface area (Å²) in [5.74, 6) is -1.12. The first-order valence-electron chi connectivity index (χ1n) is 9.08. The molecule has 1 fully saturated rings. The second kappa shape index (κ2) is 9.15. The number of rotatable bonds is 7. The van der Waals surface area contributed by atoms with Crippen molar-refractivity contribution in [3.8, 4) is 0 Å². The van der Waals surface area contributed by atoms with Gasteiger partial charge in [0.1, 0.15) is 0 Å². The lowest BCUT2D eigenvalue weighted by Gasteiger charge is -2.19. The summed E-state index contributed by atoms with van der Waals surface area (Å²) >= 11 is 3.45. The van der Waals surface area contributed by atoms with Gasteiger partial charge in [0.15, 0.2) is 0 Å². The molecule has 142 valence electrons. The maximum absolute atomic E-state index is 12.4. The van der Waals surface area contributed by atoms with Gasteiger partial charge < -0.3 is 15.7 Å². The van der Waals surface area contributed by atoms with E-state index >= 15 is 0 Å². The van der Waals surface area contributed by atoms with Gasteiger partial charge in [-0.2, -0.15) is 0 Å². The summed E-state index contributed by atoms with van der Waals surface area (Å²) < 4.78 is 0.906. The van der Waals surface area contributed by atoms with E-state index in [4.69, 9.17) is 0 Å². The largest absolute Gasteiger partial charge is 0.481 e. The Morgan fingerprint density at radius 3 is 2.74 bits per heavy atom. The van der Waals surface area contributed by atoms with Crippen LogP contribution in [0, 0.1) is 11.8 Å². The highest BCUT2D eigenvalue weighted by Crippen LogP contribution is 2.25. The number of anilines is 1. The van der Waals surface area contributed by atoms with Crippen molar-refractivity contribution >= 4 is 33.5 Å². The summed E-state index contributed by atoms with van der Waals surface area (Å²) in [6.45, 7) is 1.62. The Balaban J connectivity index is 1.65. The minimum absolute atomic E-state index is 0.103. The minimum atomic E-state index is -0.757. The molecule has 0 aliphatic carbocycles. The summed E-state index contributed by atoms with van der Waals surface area (Å²) in [5, 5.41) is 15.7. The third kappa shape index (κ3) is 5.40. The molecule has 1 amide bonds. The van der Waals surface area contributed by atoms with Crippen LogP contribution in [0.1, 0.15) is 17.5 Å². The highest BCUT2D eigenvalue weighted by atomic mass is 79.9. The predicted molar refractivity (Wildman–Crippen MR) is 109 cm³/mol. The third-order valence-corrected chi connectivity index (χ3v) is 5.73. The molecule has 2 atom stereocenters. The standard InChI is InChI=1S/C21H23BrN2O3/c22-19-7-2-1-5-15(19)12-20(25)24-17-6-3-4-14(10-17)11-18(21(26)27)16-8-9-23-13-16/h1-7,10,16,18,23H,8-9,11-13H2,(H,24,25)(H,26,27)/t16-,18-/m0/s1. The first kappa shape index (κ1) is 19.6. The molecule has 1 aliphatic rings. The monoisotopic (exact) mass is 430 g/mol. The molecule has 0 saturated carbocycles. The normalized spacial score (nSPS) is 17.4. The summed E-state index contributed by atoms with van der Waals surface area (Å²) in [7, 11) is 0. The molecule has 0 unspecified atom stereocenters. The van der Waals surface area contributed by atoms with Crippen LogP contribution in [0.3, 0.4) is 0 Å². The second-order valence-corrected chi connectivity index (χ2v) is 7.77. The minimum Gasteiger partial charge on any atom is -0.481 e. The quantitative estimate of drug-likeness (QED) is 0.628. The molecular weight excluding hydrogens is 408 g/mol. The molecule has 27 heavy (non-hydrogen) atoms. The molecule has 3 N–H and O–H groups in total. The Bertz CT molecular complexity index is 819. The summed E-state index contributed by atoms with van der Waals surface area (Å²) in [4.78, 5) is 24.0. The lowest BCUT2D eigenvalue weighted by molar-refractivity contribution is -0.143. The smallest absolute Gasteiger partial charge is 0.307 e. The number of carboxylic acids is 1. The number of hydrogen-bond donors (Lipinski definition) is 3. The average Bonchev–Trinajstić information content (AvgIpc) is 3.16. The summed E-state index contributed by atoms with van der Waals surface area (Å²) in [6, 6.07) is 15.1. The molecule has 2 aromatic rings. The van der Waals surface area contributed by atoms with Crippen molar-refractivity contribution < 1.29 is 14.7 Å². The maximum Gasteiger partial charge on any atom is 0.307 e. The van der Waals surface area contributed by atoms with Crippen LogP contribution >= 0.6 is 15.9 Å². The molecule has 5 nitrogen and oxygen atoms in total. The topological polar surface area (TPSA) is 78.4 Å². The number of amides is 1. The van der Waals surface area contributed by atoms with E-state index in [1.165, 1.54) is 0 Å². The molecule has 0 spiro atoms. The van der Waals surface area contributed by atoms with Crippen molar-refractivity contribution in [3.63, 3.8) is 0 Å². The lowest BCUT2D eigenvalue weighted by atomic mass is 9.86. The van der Waals surface area contributed by atoms with E-state index in [1.54, 1.807) is 0 Å². The van der Waals surface area contributed by atoms with E-state index in [-0.39, 0.29) is 18.2 Å². The van der Waals surface area contributed by atoms with Gasteiger partial charge in [0.2, 0.25) is 5.91 Å². The van der Waals surface area contributed by atoms with E-state index in [1.807, 2.05) is 48.5 Å². The Hall–Kier alpha value is -2.18. The van der Waals surface area contributed by atoms with Gasteiger partial charge in [0, 0.05) is 10.2 Å². The number of hydrogen-bond acceptors (Lipinski definition) is 3. The van der Waals surface area contributed by atoms with Gasteiger partial charge in [-0.05, 0) is 61.2 Å². The van der Waals surface area contributed by atoms with Gasteiger partial charge in [-0.3, -0.25) is 9.59 Å². The molecule has 0 radical (unpaired) electrons. The number of carboxylic acid groups (broad SMARTS) is 1. The van der Waals surface area contributed by atoms with Crippen molar-refractivity contribution in [2.24, 2.45) is 11.8 Å². The number of aliphatic carboxylic acids is 1. The van der Waals surface area contributed by atoms with Crippen LogP contribution in [-0.4, -0.2) is 30.1 Å². The number of carbonyl (C=O) groups excluding carboxylic acids is 1. The molecule has 2 aromatic carbocycles. The van der Waals surface area contributed by atoms with Gasteiger partial charge in [0.25, 0.3) is 0 Å². The molecule has 1 saturated heterocycles. The van der Waals surface area contributed by atoms with E-state index < -0.39 is 11.9 Å². The van der Waals surface area contributed by atoms with Crippen LogP contribution in [0.15, 0.2) is 53.0 Å². The fourth-order valence-corrected chi connectivity index (χ4v) is 3.95. The van der Waals surface area contributed by atoms with Gasteiger partial charge >= 0.3 is 5.97 Å². The predicted octanol–water partition coefficient (Wildman–Crippen LogP) is 3.48. The van der Waals surface area contributed by atoms with Gasteiger partial charge in [0.05, 0.1) is 12.3 Å².